The first-order valence-corrected chi connectivity index (χ1v) is 10.2. The lowest BCUT2D eigenvalue weighted by atomic mass is 10.1. The zero-order valence-electron chi connectivity index (χ0n) is 18.2. The van der Waals surface area contributed by atoms with E-state index in [1.54, 1.807) is 36.3 Å². The van der Waals surface area contributed by atoms with E-state index in [1.807, 2.05) is 41.8 Å². The van der Waals surface area contributed by atoms with Crippen molar-refractivity contribution in [3.05, 3.63) is 53.9 Å². The van der Waals surface area contributed by atoms with E-state index in [9.17, 15) is 9.59 Å². The first-order valence-electron chi connectivity index (χ1n) is 10.2. The van der Waals surface area contributed by atoms with Crippen molar-refractivity contribution in [2.75, 3.05) is 26.7 Å². The third kappa shape index (κ3) is 6.38. The molecule has 0 aliphatic rings. The fourth-order valence-corrected chi connectivity index (χ4v) is 3.28. The number of aromatic nitrogens is 1. The lowest BCUT2D eigenvalue weighted by Gasteiger charge is -2.29. The second-order valence-electron chi connectivity index (χ2n) is 7.74. The molecule has 158 valence electrons. The number of hydrogen-bond donors (Lipinski definition) is 0. The maximum Gasteiger partial charge on any atom is 0.254 e. The Labute approximate surface area is 174 Å². The van der Waals surface area contributed by atoms with Crippen LogP contribution in [0.4, 0.5) is 0 Å². The quantitative estimate of drug-likeness (QED) is 0.614. The predicted molar refractivity (Wildman–Crippen MR) is 115 cm³/mol. The minimum Gasteiger partial charge on any atom is -0.497 e. The first-order chi connectivity index (χ1) is 13.8. The number of benzene rings is 1. The summed E-state index contributed by atoms with van der Waals surface area (Å²) in [7, 11) is 3.55. The van der Waals surface area contributed by atoms with Crippen LogP contribution in [0, 0.1) is 5.92 Å². The maximum absolute atomic E-state index is 13.2. The molecular weight excluding hydrogens is 366 g/mol. The molecule has 0 bridgehead atoms. The highest BCUT2D eigenvalue weighted by Crippen LogP contribution is 2.16. The third-order valence-corrected chi connectivity index (χ3v) is 4.77. The van der Waals surface area contributed by atoms with E-state index in [-0.39, 0.29) is 18.4 Å². The van der Waals surface area contributed by atoms with Crippen LogP contribution < -0.4 is 4.74 Å². The van der Waals surface area contributed by atoms with Crippen LogP contribution in [0.15, 0.2) is 42.6 Å². The topological polar surface area (TPSA) is 54.8 Å². The van der Waals surface area contributed by atoms with Gasteiger partial charge < -0.3 is 19.1 Å². The normalized spacial score (nSPS) is 10.8. The van der Waals surface area contributed by atoms with Gasteiger partial charge in [-0.25, -0.2) is 0 Å². The number of hydrogen-bond acceptors (Lipinski definition) is 3. The zero-order valence-corrected chi connectivity index (χ0v) is 18.2. The number of nitrogens with zero attached hydrogens (tertiary/aromatic N) is 3. The molecule has 0 fully saturated rings. The Hall–Kier alpha value is -2.76. The van der Waals surface area contributed by atoms with Gasteiger partial charge in [-0.2, -0.15) is 0 Å². The molecule has 2 amide bonds. The SMILES string of the molecule is CCCN(CC(=O)N(Cc1cccn1C)CC(C)C)C(=O)c1cccc(OC)c1. The molecule has 0 spiro atoms. The number of carbonyl (C=O) groups excluding carboxylic acids is 2. The van der Waals surface area contributed by atoms with Gasteiger partial charge in [-0.1, -0.05) is 26.8 Å². The second kappa shape index (κ2) is 10.7. The zero-order chi connectivity index (χ0) is 21.4. The summed E-state index contributed by atoms with van der Waals surface area (Å²) in [5, 5.41) is 0. The number of carbonyl (C=O) groups is 2. The van der Waals surface area contributed by atoms with Gasteiger partial charge in [0.1, 0.15) is 12.3 Å². The van der Waals surface area contributed by atoms with Gasteiger partial charge in [-0.05, 0) is 42.7 Å². The minimum atomic E-state index is -0.150. The summed E-state index contributed by atoms with van der Waals surface area (Å²) in [5.41, 5.74) is 1.60. The molecule has 1 heterocycles. The molecule has 0 N–H and O–H groups in total. The summed E-state index contributed by atoms with van der Waals surface area (Å²) in [5.74, 6) is 0.781. The molecule has 2 aromatic rings. The van der Waals surface area contributed by atoms with E-state index in [1.165, 1.54) is 0 Å². The molecule has 0 saturated heterocycles. The van der Waals surface area contributed by atoms with Crippen molar-refractivity contribution in [2.45, 2.75) is 33.7 Å². The van der Waals surface area contributed by atoms with Crippen molar-refractivity contribution in [3.63, 3.8) is 0 Å². The predicted octanol–water partition coefficient (Wildman–Crippen LogP) is 3.57. The summed E-state index contributed by atoms with van der Waals surface area (Å²) in [6, 6.07) is 11.1. The van der Waals surface area contributed by atoms with Gasteiger partial charge in [-0.3, -0.25) is 9.59 Å². The smallest absolute Gasteiger partial charge is 0.254 e. The highest BCUT2D eigenvalue weighted by molar-refractivity contribution is 5.96. The lowest BCUT2D eigenvalue weighted by Crippen LogP contribution is -2.44. The van der Waals surface area contributed by atoms with Gasteiger partial charge in [0.2, 0.25) is 5.91 Å². The molecule has 0 aliphatic heterocycles. The largest absolute Gasteiger partial charge is 0.497 e. The van der Waals surface area contributed by atoms with Crippen LogP contribution in [-0.4, -0.2) is 52.9 Å². The molecule has 29 heavy (non-hydrogen) atoms. The van der Waals surface area contributed by atoms with Gasteiger partial charge in [0.15, 0.2) is 0 Å². The van der Waals surface area contributed by atoms with Gasteiger partial charge in [-0.15, -0.1) is 0 Å². The maximum atomic E-state index is 13.2. The summed E-state index contributed by atoms with van der Waals surface area (Å²) >= 11 is 0. The van der Waals surface area contributed by atoms with Crippen LogP contribution in [0.2, 0.25) is 0 Å². The summed E-state index contributed by atoms with van der Waals surface area (Å²) < 4.78 is 7.25. The Morgan fingerprint density at radius 2 is 1.90 bits per heavy atom. The minimum absolute atomic E-state index is 0.0374. The van der Waals surface area contributed by atoms with Gasteiger partial charge >= 0.3 is 0 Å². The van der Waals surface area contributed by atoms with E-state index in [0.29, 0.717) is 36.9 Å². The summed E-state index contributed by atoms with van der Waals surface area (Å²) in [4.78, 5) is 29.7. The molecule has 2 rings (SSSR count). The molecule has 0 atom stereocenters. The van der Waals surface area contributed by atoms with Crippen molar-refractivity contribution in [1.29, 1.82) is 0 Å². The third-order valence-electron chi connectivity index (χ3n) is 4.77. The van der Waals surface area contributed by atoms with Crippen molar-refractivity contribution in [1.82, 2.24) is 14.4 Å². The number of amides is 2. The highest BCUT2D eigenvalue weighted by atomic mass is 16.5. The fourth-order valence-electron chi connectivity index (χ4n) is 3.28. The van der Waals surface area contributed by atoms with Crippen molar-refractivity contribution in [2.24, 2.45) is 13.0 Å². The van der Waals surface area contributed by atoms with Crippen LogP contribution in [0.3, 0.4) is 0 Å². The monoisotopic (exact) mass is 399 g/mol. The first kappa shape index (κ1) is 22.5. The Kier molecular flexibility index (Phi) is 8.31. The molecule has 6 nitrogen and oxygen atoms in total. The van der Waals surface area contributed by atoms with Crippen LogP contribution in [-0.2, 0) is 18.4 Å². The van der Waals surface area contributed by atoms with E-state index in [4.69, 9.17) is 4.74 Å². The molecule has 0 saturated carbocycles. The lowest BCUT2D eigenvalue weighted by molar-refractivity contribution is -0.133. The van der Waals surface area contributed by atoms with E-state index < -0.39 is 0 Å². The Morgan fingerprint density at radius 3 is 2.48 bits per heavy atom. The second-order valence-corrected chi connectivity index (χ2v) is 7.74. The molecular formula is C23H33N3O3. The van der Waals surface area contributed by atoms with Gasteiger partial charge in [0.25, 0.3) is 5.91 Å². The number of ether oxygens (including phenoxy) is 1. The average Bonchev–Trinajstić information content (AvgIpc) is 3.10. The molecule has 6 heteroatoms. The fraction of sp³-hybridized carbons (Fsp3) is 0.478. The Balaban J connectivity index is 2.17. The molecule has 0 radical (unpaired) electrons. The number of aryl methyl sites for hydroxylation is 1. The van der Waals surface area contributed by atoms with E-state index in [0.717, 1.165) is 12.1 Å². The number of methoxy groups -OCH3 is 1. The van der Waals surface area contributed by atoms with Crippen LogP contribution in [0.5, 0.6) is 5.75 Å². The molecule has 0 aliphatic carbocycles. The van der Waals surface area contributed by atoms with Gasteiger partial charge in [0, 0.05) is 37.6 Å². The average molecular weight is 400 g/mol. The van der Waals surface area contributed by atoms with Crippen LogP contribution in [0.25, 0.3) is 0 Å². The highest BCUT2D eigenvalue weighted by Gasteiger charge is 2.23. The molecule has 1 aromatic carbocycles. The Morgan fingerprint density at radius 1 is 1.14 bits per heavy atom. The molecule has 1 aromatic heterocycles. The van der Waals surface area contributed by atoms with Crippen molar-refractivity contribution >= 4 is 11.8 Å². The van der Waals surface area contributed by atoms with Gasteiger partial charge in [0.05, 0.1) is 13.7 Å². The van der Waals surface area contributed by atoms with Crippen molar-refractivity contribution in [3.8, 4) is 5.75 Å². The number of rotatable bonds is 10. The summed E-state index contributed by atoms with van der Waals surface area (Å²) in [6.45, 7) is 7.98. The van der Waals surface area contributed by atoms with Crippen molar-refractivity contribution < 1.29 is 14.3 Å². The standard InChI is InChI=1S/C23H33N3O3/c1-6-12-25(23(28)19-9-7-11-21(14-19)29-5)17-22(27)26(15-18(2)3)16-20-10-8-13-24(20)4/h7-11,13-14,18H,6,12,15-17H2,1-5H3. The molecule has 0 unspecified atom stereocenters. The Bertz CT molecular complexity index is 813. The summed E-state index contributed by atoms with van der Waals surface area (Å²) in [6.07, 6.45) is 2.76. The van der Waals surface area contributed by atoms with Crippen LogP contribution in [0.1, 0.15) is 43.2 Å². The van der Waals surface area contributed by atoms with E-state index in [2.05, 4.69) is 13.8 Å². The van der Waals surface area contributed by atoms with Crippen LogP contribution >= 0.6 is 0 Å². The van der Waals surface area contributed by atoms with E-state index >= 15 is 0 Å².